The van der Waals surface area contributed by atoms with Crippen molar-refractivity contribution in [2.45, 2.75) is 0 Å². The maximum atomic E-state index is 6.61. The first kappa shape index (κ1) is 30.5. The fourth-order valence-electron chi connectivity index (χ4n) is 8.71. The lowest BCUT2D eigenvalue weighted by atomic mass is 9.35. The van der Waals surface area contributed by atoms with Gasteiger partial charge in [-0.15, -0.1) is 0 Å². The van der Waals surface area contributed by atoms with Crippen molar-refractivity contribution < 1.29 is 4.74 Å². The second-order valence-corrected chi connectivity index (χ2v) is 17.4. The Bertz CT molecular complexity index is 2530. The summed E-state index contributed by atoms with van der Waals surface area (Å²) in [6.07, 6.45) is 0. The molecule has 0 radical (unpaired) electrons. The van der Waals surface area contributed by atoms with E-state index >= 15 is 0 Å². The second kappa shape index (κ2) is 12.4. The Labute approximate surface area is 305 Å². The molecule has 10 rings (SSSR count). The number of ether oxygens (including phenoxy) is 1. The third kappa shape index (κ3) is 4.65. The van der Waals surface area contributed by atoms with Crippen LogP contribution >= 0.6 is 0 Å². The van der Waals surface area contributed by atoms with Gasteiger partial charge in [0.25, 0.3) is 6.71 Å². The number of para-hydroxylation sites is 4. The van der Waals surface area contributed by atoms with E-state index in [-0.39, 0.29) is 6.71 Å². The molecule has 0 saturated heterocycles. The Balaban J connectivity index is 1.37. The predicted molar refractivity (Wildman–Crippen MR) is 222 cm³/mol. The average Bonchev–Trinajstić information content (AvgIpc) is 3.56. The molecule has 0 atom stereocenters. The molecule has 8 aromatic carbocycles. The van der Waals surface area contributed by atoms with Crippen LogP contribution in [0.25, 0.3) is 27.5 Å². The van der Waals surface area contributed by atoms with E-state index in [1.54, 1.807) is 0 Å². The van der Waals surface area contributed by atoms with Gasteiger partial charge in [0.05, 0.1) is 11.0 Å². The third-order valence-corrected chi connectivity index (χ3v) is 15.7. The molecule has 2 heterocycles. The molecule has 0 aliphatic carbocycles. The highest BCUT2D eigenvalue weighted by Crippen LogP contribution is 2.32. The van der Waals surface area contributed by atoms with Gasteiger partial charge >= 0.3 is 0 Å². The van der Waals surface area contributed by atoms with Crippen LogP contribution in [-0.2, 0) is 0 Å². The smallest absolute Gasteiger partial charge is 0.253 e. The second-order valence-electron chi connectivity index (χ2n) is 13.6. The van der Waals surface area contributed by atoms with E-state index in [1.807, 2.05) is 0 Å². The summed E-state index contributed by atoms with van der Waals surface area (Å²) in [6, 6.07) is 75.8. The number of nitrogens with zero attached hydrogens (tertiary/aromatic N) is 1. The molecule has 0 N–H and O–H groups in total. The van der Waals surface area contributed by atoms with Gasteiger partial charge in [-0.25, -0.2) is 0 Å². The topological polar surface area (TPSA) is 14.2 Å². The minimum Gasteiger partial charge on any atom is -0.458 e. The maximum absolute atomic E-state index is 6.61. The van der Waals surface area contributed by atoms with Crippen LogP contribution in [0.2, 0.25) is 0 Å². The van der Waals surface area contributed by atoms with Crippen LogP contribution in [0.1, 0.15) is 0 Å². The zero-order valence-corrected chi connectivity index (χ0v) is 29.6. The molecule has 0 saturated carbocycles. The molecule has 0 fully saturated rings. The van der Waals surface area contributed by atoms with Crippen LogP contribution in [0, 0.1) is 0 Å². The minimum atomic E-state index is -2.83. The molecule has 0 amide bonds. The van der Waals surface area contributed by atoms with Crippen molar-refractivity contribution in [2.75, 3.05) is 0 Å². The van der Waals surface area contributed by atoms with E-state index in [9.17, 15) is 0 Å². The highest BCUT2D eigenvalue weighted by Gasteiger charge is 2.43. The highest BCUT2D eigenvalue weighted by molar-refractivity contribution is 7.20. The van der Waals surface area contributed by atoms with E-state index in [2.05, 4.69) is 211 Å². The summed E-state index contributed by atoms with van der Waals surface area (Å²) in [5.41, 5.74) is 7.17. The molecule has 1 aromatic heterocycles. The Kier molecular flexibility index (Phi) is 7.29. The van der Waals surface area contributed by atoms with Crippen molar-refractivity contribution in [3.05, 3.63) is 206 Å². The fraction of sp³-hybridized carbons (Fsp3) is 0. The molecule has 0 unspecified atom stereocenters. The van der Waals surface area contributed by atoms with E-state index in [0.717, 1.165) is 11.5 Å². The molecule has 1 aliphatic rings. The average molecular weight is 680 g/mol. The number of fused-ring (bicyclic) bond motifs is 5. The van der Waals surface area contributed by atoms with E-state index in [1.165, 1.54) is 64.6 Å². The normalized spacial score (nSPS) is 12.3. The van der Waals surface area contributed by atoms with Crippen LogP contribution < -0.4 is 41.9 Å². The molecule has 4 heteroatoms. The van der Waals surface area contributed by atoms with Crippen LogP contribution in [0.4, 0.5) is 0 Å². The molecule has 52 heavy (non-hydrogen) atoms. The van der Waals surface area contributed by atoms with Gasteiger partial charge in [0.2, 0.25) is 0 Å². The zero-order chi connectivity index (χ0) is 34.5. The van der Waals surface area contributed by atoms with Crippen LogP contribution in [0.3, 0.4) is 0 Å². The Morgan fingerprint density at radius 1 is 0.365 bits per heavy atom. The standard InChI is InChI=1S/C48H34BNOSi/c1-4-18-35(19-5-1)52(36-20-6-2-7-21-36,37-22-8-3-9-23-37)38-32-33-46(50-44-28-14-10-24-39(44)40-25-11-15-29-45(40)50)43(34-38)49-41-26-12-16-30-47(41)51-48-31-17-13-27-42(48)49/h1-34H. The summed E-state index contributed by atoms with van der Waals surface area (Å²) in [5.74, 6) is 1.81. The van der Waals surface area contributed by atoms with E-state index < -0.39 is 8.07 Å². The molecule has 0 bridgehead atoms. The lowest BCUT2D eigenvalue weighted by molar-refractivity contribution is 0.487. The SMILES string of the molecule is c1ccc([Si](c2ccccc2)(c2ccccc2)c2ccc(-n3c4ccccc4c4ccccc43)c(B3c4ccccc4Oc4ccccc43)c2)cc1. The molecule has 1 aliphatic heterocycles. The molecular formula is C48H34BNOSi. The zero-order valence-electron chi connectivity index (χ0n) is 28.6. The molecule has 9 aromatic rings. The number of benzene rings is 8. The van der Waals surface area contributed by atoms with Crippen LogP contribution in [0.15, 0.2) is 206 Å². The Hall–Kier alpha value is -6.36. The van der Waals surface area contributed by atoms with Gasteiger partial charge in [0, 0.05) is 16.5 Å². The third-order valence-electron chi connectivity index (χ3n) is 10.9. The van der Waals surface area contributed by atoms with Crippen molar-refractivity contribution in [3.8, 4) is 17.2 Å². The monoisotopic (exact) mass is 679 g/mol. The van der Waals surface area contributed by atoms with Crippen molar-refractivity contribution in [2.24, 2.45) is 0 Å². The highest BCUT2D eigenvalue weighted by atomic mass is 28.3. The number of hydrogen-bond acceptors (Lipinski definition) is 1. The summed E-state index contributed by atoms with van der Waals surface area (Å²) in [7, 11) is -2.83. The van der Waals surface area contributed by atoms with Crippen molar-refractivity contribution >= 4 is 73.7 Å². The van der Waals surface area contributed by atoms with Crippen molar-refractivity contribution in [1.82, 2.24) is 4.57 Å². The fourth-order valence-corrected chi connectivity index (χ4v) is 13.5. The molecular weight excluding hydrogens is 645 g/mol. The maximum Gasteiger partial charge on any atom is 0.253 e. The lowest BCUT2D eigenvalue weighted by Gasteiger charge is -2.36. The summed E-state index contributed by atoms with van der Waals surface area (Å²) >= 11 is 0. The molecule has 0 spiro atoms. The Morgan fingerprint density at radius 2 is 0.788 bits per heavy atom. The first-order chi connectivity index (χ1) is 25.8. The first-order valence-corrected chi connectivity index (χ1v) is 20.0. The van der Waals surface area contributed by atoms with Gasteiger partial charge in [-0.1, -0.05) is 176 Å². The van der Waals surface area contributed by atoms with Gasteiger partial charge in [-0.3, -0.25) is 0 Å². The number of rotatable bonds is 6. The first-order valence-electron chi connectivity index (χ1n) is 18.0. The number of aromatic nitrogens is 1. The van der Waals surface area contributed by atoms with E-state index in [4.69, 9.17) is 4.74 Å². The largest absolute Gasteiger partial charge is 0.458 e. The van der Waals surface area contributed by atoms with Gasteiger partial charge in [0.15, 0.2) is 8.07 Å². The van der Waals surface area contributed by atoms with Gasteiger partial charge in [0.1, 0.15) is 11.5 Å². The quantitative estimate of drug-likeness (QED) is 0.140. The predicted octanol–water partition coefficient (Wildman–Crippen LogP) is 6.78. The van der Waals surface area contributed by atoms with Crippen molar-refractivity contribution in [3.63, 3.8) is 0 Å². The summed E-state index contributed by atoms with van der Waals surface area (Å²) < 4.78 is 9.09. The molecule has 2 nitrogen and oxygen atoms in total. The number of hydrogen-bond donors (Lipinski definition) is 0. The van der Waals surface area contributed by atoms with Gasteiger partial charge in [-0.2, -0.15) is 0 Å². The summed E-state index contributed by atoms with van der Waals surface area (Å²) in [6.45, 7) is -0.0648. The Morgan fingerprint density at radius 3 is 1.29 bits per heavy atom. The summed E-state index contributed by atoms with van der Waals surface area (Å²) in [5, 5.41) is 7.92. The van der Waals surface area contributed by atoms with Gasteiger partial charge < -0.3 is 9.30 Å². The van der Waals surface area contributed by atoms with Crippen molar-refractivity contribution in [1.29, 1.82) is 0 Å². The van der Waals surface area contributed by atoms with Crippen LogP contribution in [0.5, 0.6) is 11.5 Å². The lowest BCUT2D eigenvalue weighted by Crippen LogP contribution is -2.75. The van der Waals surface area contributed by atoms with E-state index in [0.29, 0.717) is 0 Å². The summed E-state index contributed by atoms with van der Waals surface area (Å²) in [4.78, 5) is 0. The molecule has 244 valence electrons. The van der Waals surface area contributed by atoms with Crippen LogP contribution in [-0.4, -0.2) is 19.4 Å². The van der Waals surface area contributed by atoms with Gasteiger partial charge in [-0.05, 0) is 67.5 Å². The minimum absolute atomic E-state index is 0.0648.